The highest BCUT2D eigenvalue weighted by atomic mass is 79.9. The first kappa shape index (κ1) is 20.3. The fourth-order valence-corrected chi connectivity index (χ4v) is 4.35. The van der Waals surface area contributed by atoms with Gasteiger partial charge in [0.25, 0.3) is 0 Å². The van der Waals surface area contributed by atoms with Crippen LogP contribution >= 0.6 is 50.9 Å². The number of rotatable bonds is 5. The average Bonchev–Trinajstić information content (AvgIpc) is 3.21. The molecule has 0 aliphatic rings. The van der Waals surface area contributed by atoms with Crippen LogP contribution in [-0.2, 0) is 11.8 Å². The van der Waals surface area contributed by atoms with Gasteiger partial charge in [-0.1, -0.05) is 50.9 Å². The van der Waals surface area contributed by atoms with Crippen molar-refractivity contribution in [3.63, 3.8) is 0 Å². The molecule has 4 rings (SSSR count). The number of amides is 1. The SMILES string of the molecule is Cn1c(SCC(=O)Nc2cc(Cl)cc(Cl)c2)nnc1-c1cc2cc(Br)ccc2o1. The van der Waals surface area contributed by atoms with E-state index < -0.39 is 0 Å². The molecule has 6 nitrogen and oxygen atoms in total. The third-order valence-electron chi connectivity index (χ3n) is 4.01. The highest BCUT2D eigenvalue weighted by molar-refractivity contribution is 9.10. The quantitative estimate of drug-likeness (QED) is 0.331. The molecule has 0 bridgehead atoms. The number of nitrogens with one attached hydrogen (secondary N) is 1. The van der Waals surface area contributed by atoms with Crippen molar-refractivity contribution < 1.29 is 9.21 Å². The van der Waals surface area contributed by atoms with E-state index in [1.54, 1.807) is 22.8 Å². The number of carbonyl (C=O) groups is 1. The molecule has 2 heterocycles. The second-order valence-corrected chi connectivity index (χ2v) is 8.88. The van der Waals surface area contributed by atoms with Crippen molar-refractivity contribution in [3.8, 4) is 11.6 Å². The zero-order valence-electron chi connectivity index (χ0n) is 14.9. The molecular weight excluding hydrogens is 499 g/mol. The molecule has 29 heavy (non-hydrogen) atoms. The van der Waals surface area contributed by atoms with Crippen LogP contribution in [0, 0.1) is 0 Å². The van der Waals surface area contributed by atoms with Gasteiger partial charge in [-0.3, -0.25) is 4.79 Å². The Morgan fingerprint density at radius 2 is 1.93 bits per heavy atom. The Morgan fingerprint density at radius 1 is 1.17 bits per heavy atom. The lowest BCUT2D eigenvalue weighted by atomic mass is 10.2. The van der Waals surface area contributed by atoms with Gasteiger partial charge < -0.3 is 14.3 Å². The maximum atomic E-state index is 12.2. The largest absolute Gasteiger partial charge is 0.453 e. The van der Waals surface area contributed by atoms with Gasteiger partial charge in [-0.05, 0) is 42.5 Å². The number of hydrogen-bond acceptors (Lipinski definition) is 5. The van der Waals surface area contributed by atoms with Crippen LogP contribution in [0.15, 0.2) is 56.5 Å². The molecular formula is C19H13BrCl2N4O2S. The molecule has 0 aliphatic carbocycles. The van der Waals surface area contributed by atoms with E-state index >= 15 is 0 Å². The lowest BCUT2D eigenvalue weighted by Gasteiger charge is -2.06. The number of thioether (sulfide) groups is 1. The molecule has 0 fully saturated rings. The Labute approximate surface area is 188 Å². The van der Waals surface area contributed by atoms with Gasteiger partial charge in [-0.15, -0.1) is 10.2 Å². The van der Waals surface area contributed by atoms with E-state index in [1.165, 1.54) is 11.8 Å². The summed E-state index contributed by atoms with van der Waals surface area (Å²) in [6.07, 6.45) is 0. The molecule has 2 aromatic carbocycles. The minimum atomic E-state index is -0.202. The number of carbonyl (C=O) groups excluding carboxylic acids is 1. The minimum absolute atomic E-state index is 0.156. The molecule has 0 spiro atoms. The first-order valence-corrected chi connectivity index (χ1v) is 10.9. The van der Waals surface area contributed by atoms with Crippen LogP contribution in [0.5, 0.6) is 0 Å². The van der Waals surface area contributed by atoms with Crippen LogP contribution in [0.4, 0.5) is 5.69 Å². The van der Waals surface area contributed by atoms with Crippen LogP contribution in [-0.4, -0.2) is 26.4 Å². The lowest BCUT2D eigenvalue weighted by molar-refractivity contribution is -0.113. The highest BCUT2D eigenvalue weighted by Crippen LogP contribution is 2.30. The normalized spacial score (nSPS) is 11.2. The van der Waals surface area contributed by atoms with Gasteiger partial charge in [0, 0.05) is 32.6 Å². The zero-order chi connectivity index (χ0) is 20.5. The van der Waals surface area contributed by atoms with Crippen molar-refractivity contribution in [2.24, 2.45) is 7.05 Å². The van der Waals surface area contributed by atoms with Crippen molar-refractivity contribution in [1.29, 1.82) is 0 Å². The number of furan rings is 1. The Bertz CT molecular complexity index is 1200. The second kappa shape index (κ2) is 8.39. The molecule has 2 aromatic heterocycles. The molecule has 0 aliphatic heterocycles. The molecule has 1 amide bonds. The highest BCUT2D eigenvalue weighted by Gasteiger charge is 2.16. The van der Waals surface area contributed by atoms with Crippen LogP contribution in [0.2, 0.25) is 10.0 Å². The van der Waals surface area contributed by atoms with Gasteiger partial charge in [0.15, 0.2) is 16.7 Å². The zero-order valence-corrected chi connectivity index (χ0v) is 18.9. The minimum Gasteiger partial charge on any atom is -0.453 e. The smallest absolute Gasteiger partial charge is 0.234 e. The maximum Gasteiger partial charge on any atom is 0.234 e. The van der Waals surface area contributed by atoms with Gasteiger partial charge >= 0.3 is 0 Å². The number of anilines is 1. The molecule has 148 valence electrons. The fourth-order valence-electron chi connectivity index (χ4n) is 2.73. The molecule has 0 atom stereocenters. The first-order valence-electron chi connectivity index (χ1n) is 8.36. The monoisotopic (exact) mass is 510 g/mol. The van der Waals surface area contributed by atoms with Crippen LogP contribution in [0.25, 0.3) is 22.6 Å². The second-order valence-electron chi connectivity index (χ2n) is 6.15. The van der Waals surface area contributed by atoms with Crippen LogP contribution in [0.3, 0.4) is 0 Å². The van der Waals surface area contributed by atoms with E-state index in [1.807, 2.05) is 31.3 Å². The summed E-state index contributed by atoms with van der Waals surface area (Å²) in [4.78, 5) is 12.2. The van der Waals surface area contributed by atoms with Gasteiger partial charge in [0.2, 0.25) is 5.91 Å². The number of aromatic nitrogens is 3. The van der Waals surface area contributed by atoms with Crippen molar-refractivity contribution in [2.75, 3.05) is 11.1 Å². The summed E-state index contributed by atoms with van der Waals surface area (Å²) in [6.45, 7) is 0. The summed E-state index contributed by atoms with van der Waals surface area (Å²) in [6, 6.07) is 12.6. The van der Waals surface area contributed by atoms with Crippen LogP contribution < -0.4 is 5.32 Å². The third kappa shape index (κ3) is 4.61. The van der Waals surface area contributed by atoms with Gasteiger partial charge in [0.05, 0.1) is 5.75 Å². The van der Waals surface area contributed by atoms with Gasteiger partial charge in [0.1, 0.15) is 5.58 Å². The Balaban J connectivity index is 1.46. The summed E-state index contributed by atoms with van der Waals surface area (Å²) in [5.74, 6) is 1.15. The van der Waals surface area contributed by atoms with E-state index in [4.69, 9.17) is 27.6 Å². The number of benzene rings is 2. The summed E-state index contributed by atoms with van der Waals surface area (Å²) < 4.78 is 8.64. The lowest BCUT2D eigenvalue weighted by Crippen LogP contribution is -2.14. The van der Waals surface area contributed by atoms with Crippen molar-refractivity contribution in [3.05, 3.63) is 57.0 Å². The Morgan fingerprint density at radius 3 is 2.69 bits per heavy atom. The van der Waals surface area contributed by atoms with E-state index in [0.717, 1.165) is 15.4 Å². The molecule has 10 heteroatoms. The Kier molecular flexibility index (Phi) is 5.87. The number of fused-ring (bicyclic) bond motifs is 1. The number of hydrogen-bond donors (Lipinski definition) is 1. The summed E-state index contributed by atoms with van der Waals surface area (Å²) in [5.41, 5.74) is 1.31. The number of nitrogens with zero attached hydrogens (tertiary/aromatic N) is 3. The molecule has 0 saturated heterocycles. The summed E-state index contributed by atoms with van der Waals surface area (Å²) >= 11 is 16.6. The third-order valence-corrected chi connectivity index (χ3v) is 5.96. The summed E-state index contributed by atoms with van der Waals surface area (Å²) in [5, 5.41) is 13.6. The molecule has 0 unspecified atom stereocenters. The maximum absolute atomic E-state index is 12.2. The van der Waals surface area contributed by atoms with E-state index in [-0.39, 0.29) is 11.7 Å². The Hall–Kier alpha value is -2.00. The topological polar surface area (TPSA) is 73.0 Å². The van der Waals surface area contributed by atoms with Crippen molar-refractivity contribution in [1.82, 2.24) is 14.8 Å². The standard InChI is InChI=1S/C19H13BrCl2N4O2S/c1-26-18(16-5-10-4-11(20)2-3-15(10)28-16)24-25-19(26)29-9-17(27)23-14-7-12(21)6-13(22)8-14/h2-8H,9H2,1H3,(H,23,27). The van der Waals surface area contributed by atoms with E-state index in [9.17, 15) is 4.79 Å². The average molecular weight is 512 g/mol. The first-order chi connectivity index (χ1) is 13.9. The summed E-state index contributed by atoms with van der Waals surface area (Å²) in [7, 11) is 1.83. The fraction of sp³-hybridized carbons (Fsp3) is 0.105. The number of halogens is 3. The molecule has 0 radical (unpaired) electrons. The van der Waals surface area contributed by atoms with Crippen molar-refractivity contribution in [2.45, 2.75) is 5.16 Å². The predicted molar refractivity (Wildman–Crippen MR) is 120 cm³/mol. The molecule has 4 aromatic rings. The van der Waals surface area contributed by atoms with Crippen LogP contribution in [0.1, 0.15) is 0 Å². The molecule has 1 N–H and O–H groups in total. The van der Waals surface area contributed by atoms with Gasteiger partial charge in [-0.25, -0.2) is 0 Å². The predicted octanol–water partition coefficient (Wildman–Crippen LogP) is 6.03. The van der Waals surface area contributed by atoms with E-state index in [2.05, 4.69) is 31.4 Å². The van der Waals surface area contributed by atoms with Gasteiger partial charge in [-0.2, -0.15) is 0 Å². The molecule has 0 saturated carbocycles. The van der Waals surface area contributed by atoms with E-state index in [0.29, 0.717) is 32.5 Å². The van der Waals surface area contributed by atoms with Crippen molar-refractivity contribution >= 4 is 73.5 Å².